The highest BCUT2D eigenvalue weighted by atomic mass is 35.5. The Bertz CT molecular complexity index is 847. The molecule has 0 spiro atoms. The van der Waals surface area contributed by atoms with Crippen LogP contribution >= 0.6 is 23.2 Å². The zero-order valence-corrected chi connectivity index (χ0v) is 12.3. The average Bonchev–Trinajstić information content (AvgIpc) is 2.88. The molecule has 106 valence electrons. The number of aromatic nitrogens is 4. The van der Waals surface area contributed by atoms with Crippen LogP contribution in [0.1, 0.15) is 16.3 Å². The monoisotopic (exact) mass is 322 g/mol. The topological polar surface area (TPSA) is 69.4 Å². The number of ether oxygens (including phenoxy) is 1. The molecule has 0 aliphatic heterocycles. The number of halogens is 2. The zero-order valence-electron chi connectivity index (χ0n) is 10.7. The van der Waals surface area contributed by atoms with Gasteiger partial charge in [-0.15, -0.1) is 5.10 Å². The number of fused-ring (bicyclic) bond motifs is 1. The molecule has 0 amide bonds. The Kier molecular flexibility index (Phi) is 3.48. The van der Waals surface area contributed by atoms with E-state index in [0.717, 1.165) is 5.69 Å². The maximum Gasteiger partial charge on any atom is 0.383 e. The van der Waals surface area contributed by atoms with Crippen LogP contribution in [0.25, 0.3) is 5.78 Å². The molecule has 8 heteroatoms. The van der Waals surface area contributed by atoms with E-state index in [0.29, 0.717) is 10.8 Å². The number of carbonyl (C=O) groups is 1. The van der Waals surface area contributed by atoms with Crippen molar-refractivity contribution in [3.63, 3.8) is 0 Å². The molecule has 3 rings (SSSR count). The van der Waals surface area contributed by atoms with Gasteiger partial charge in [0.1, 0.15) is 0 Å². The zero-order chi connectivity index (χ0) is 15.0. The molecule has 6 nitrogen and oxygen atoms in total. The lowest BCUT2D eigenvalue weighted by molar-refractivity contribution is 0.0722. The molecule has 0 saturated carbocycles. The van der Waals surface area contributed by atoms with Crippen LogP contribution in [0, 0.1) is 6.92 Å². The Morgan fingerprint density at radius 1 is 1.29 bits per heavy atom. The van der Waals surface area contributed by atoms with E-state index < -0.39 is 5.97 Å². The molecule has 0 atom stereocenters. The van der Waals surface area contributed by atoms with Crippen LogP contribution in [0.3, 0.4) is 0 Å². The van der Waals surface area contributed by atoms with Crippen molar-refractivity contribution in [1.82, 2.24) is 19.6 Å². The Morgan fingerprint density at radius 3 is 2.86 bits per heavy atom. The largest absolute Gasteiger partial charge is 0.419 e. The molecule has 2 heterocycles. The fourth-order valence-corrected chi connectivity index (χ4v) is 2.01. The summed E-state index contributed by atoms with van der Waals surface area (Å²) in [5, 5.41) is 4.73. The summed E-state index contributed by atoms with van der Waals surface area (Å²) in [6.07, 6.45) is 1.59. The van der Waals surface area contributed by atoms with E-state index in [4.69, 9.17) is 27.9 Å². The second-order valence-corrected chi connectivity index (χ2v) is 5.04. The number of benzene rings is 1. The summed E-state index contributed by atoms with van der Waals surface area (Å²) in [6, 6.07) is 6.33. The Balaban J connectivity index is 1.93. The second kappa shape index (κ2) is 5.31. The fourth-order valence-electron chi connectivity index (χ4n) is 1.69. The minimum absolute atomic E-state index is 0.104. The number of rotatable bonds is 2. The van der Waals surface area contributed by atoms with Crippen LogP contribution < -0.4 is 4.74 Å². The van der Waals surface area contributed by atoms with Crippen LogP contribution in [0.2, 0.25) is 10.0 Å². The van der Waals surface area contributed by atoms with E-state index in [9.17, 15) is 4.79 Å². The van der Waals surface area contributed by atoms with Crippen molar-refractivity contribution in [3.8, 4) is 5.75 Å². The summed E-state index contributed by atoms with van der Waals surface area (Å²) in [5.41, 5.74) is 0.798. The molecule has 3 aromatic rings. The molecule has 0 aliphatic rings. The molecule has 0 unspecified atom stereocenters. The molecule has 0 N–H and O–H groups in total. The van der Waals surface area contributed by atoms with Gasteiger partial charge < -0.3 is 4.74 Å². The number of carbonyl (C=O) groups excluding carboxylic acids is 1. The van der Waals surface area contributed by atoms with Gasteiger partial charge in [0.05, 0.1) is 5.02 Å². The highest BCUT2D eigenvalue weighted by Gasteiger charge is 2.18. The number of esters is 1. The van der Waals surface area contributed by atoms with E-state index >= 15 is 0 Å². The molecule has 0 saturated heterocycles. The SMILES string of the molecule is Cc1ccnc2nc(C(=O)Oc3cc(Cl)ccc3Cl)nn12. The first-order valence-electron chi connectivity index (χ1n) is 5.90. The summed E-state index contributed by atoms with van der Waals surface area (Å²) in [5.74, 6) is -0.367. The van der Waals surface area contributed by atoms with Gasteiger partial charge in [-0.3, -0.25) is 0 Å². The van der Waals surface area contributed by atoms with Gasteiger partial charge in [0.2, 0.25) is 0 Å². The van der Waals surface area contributed by atoms with Crippen LogP contribution in [-0.2, 0) is 0 Å². The van der Waals surface area contributed by atoms with Crippen molar-refractivity contribution in [2.45, 2.75) is 6.92 Å². The van der Waals surface area contributed by atoms with Crippen molar-refractivity contribution in [1.29, 1.82) is 0 Å². The number of nitrogens with zero attached hydrogens (tertiary/aromatic N) is 4. The number of hydrogen-bond donors (Lipinski definition) is 0. The molecule has 0 bridgehead atoms. The van der Waals surface area contributed by atoms with Gasteiger partial charge in [0, 0.05) is 23.0 Å². The summed E-state index contributed by atoms with van der Waals surface area (Å²) >= 11 is 11.8. The molecular weight excluding hydrogens is 315 g/mol. The van der Waals surface area contributed by atoms with Gasteiger partial charge in [-0.2, -0.15) is 4.98 Å². The molecule has 1 aromatic carbocycles. The van der Waals surface area contributed by atoms with E-state index in [1.54, 1.807) is 18.3 Å². The van der Waals surface area contributed by atoms with Crippen molar-refractivity contribution < 1.29 is 9.53 Å². The van der Waals surface area contributed by atoms with Gasteiger partial charge in [0.25, 0.3) is 11.6 Å². The highest BCUT2D eigenvalue weighted by Crippen LogP contribution is 2.28. The van der Waals surface area contributed by atoms with Gasteiger partial charge in [-0.1, -0.05) is 23.2 Å². The lowest BCUT2D eigenvalue weighted by Crippen LogP contribution is -2.11. The third kappa shape index (κ3) is 2.68. The van der Waals surface area contributed by atoms with Crippen LogP contribution in [0.15, 0.2) is 30.5 Å². The molecular formula is C13H8Cl2N4O2. The lowest BCUT2D eigenvalue weighted by atomic mass is 10.3. The van der Waals surface area contributed by atoms with Crippen LogP contribution in [0.4, 0.5) is 0 Å². The van der Waals surface area contributed by atoms with Crippen LogP contribution in [0.5, 0.6) is 5.75 Å². The second-order valence-electron chi connectivity index (χ2n) is 4.20. The molecule has 0 fully saturated rings. The quantitative estimate of drug-likeness (QED) is 0.536. The summed E-state index contributed by atoms with van der Waals surface area (Å²) in [7, 11) is 0. The predicted molar refractivity (Wildman–Crippen MR) is 76.9 cm³/mol. The third-order valence-electron chi connectivity index (χ3n) is 2.71. The number of aryl methyl sites for hydroxylation is 1. The first-order chi connectivity index (χ1) is 10.0. The van der Waals surface area contributed by atoms with Gasteiger partial charge in [0.15, 0.2) is 5.75 Å². The van der Waals surface area contributed by atoms with Crippen molar-refractivity contribution in [2.75, 3.05) is 0 Å². The molecule has 0 aliphatic carbocycles. The van der Waals surface area contributed by atoms with E-state index in [2.05, 4.69) is 15.1 Å². The Morgan fingerprint density at radius 2 is 2.10 bits per heavy atom. The smallest absolute Gasteiger partial charge is 0.383 e. The Hall–Kier alpha value is -2.18. The summed E-state index contributed by atoms with van der Waals surface area (Å²) < 4.78 is 6.61. The van der Waals surface area contributed by atoms with E-state index in [-0.39, 0.29) is 16.6 Å². The maximum atomic E-state index is 12.1. The van der Waals surface area contributed by atoms with Gasteiger partial charge >= 0.3 is 5.97 Å². The fraction of sp³-hybridized carbons (Fsp3) is 0.0769. The molecule has 0 radical (unpaired) electrons. The van der Waals surface area contributed by atoms with Crippen molar-refractivity contribution >= 4 is 34.9 Å². The minimum atomic E-state index is -0.732. The maximum absolute atomic E-state index is 12.1. The van der Waals surface area contributed by atoms with Crippen molar-refractivity contribution in [2.24, 2.45) is 0 Å². The average molecular weight is 323 g/mol. The highest BCUT2D eigenvalue weighted by molar-refractivity contribution is 6.34. The van der Waals surface area contributed by atoms with E-state index in [1.807, 2.05) is 6.92 Å². The lowest BCUT2D eigenvalue weighted by Gasteiger charge is -2.04. The van der Waals surface area contributed by atoms with Gasteiger partial charge in [-0.05, 0) is 25.1 Å². The van der Waals surface area contributed by atoms with Crippen molar-refractivity contribution in [3.05, 3.63) is 52.0 Å². The minimum Gasteiger partial charge on any atom is -0.419 e. The Labute approximate surface area is 129 Å². The first-order valence-corrected chi connectivity index (χ1v) is 6.66. The summed E-state index contributed by atoms with van der Waals surface area (Å²) in [4.78, 5) is 20.1. The van der Waals surface area contributed by atoms with Gasteiger partial charge in [-0.25, -0.2) is 14.3 Å². The van der Waals surface area contributed by atoms with E-state index in [1.165, 1.54) is 16.6 Å². The predicted octanol–water partition coefficient (Wildman–Crippen LogP) is 2.96. The standard InChI is InChI=1S/C13H8Cl2N4O2/c1-7-4-5-16-13-17-11(18-19(7)13)12(20)21-10-6-8(14)2-3-9(10)15/h2-6H,1H3. The first kappa shape index (κ1) is 13.8. The normalized spacial score (nSPS) is 10.8. The summed E-state index contributed by atoms with van der Waals surface area (Å²) in [6.45, 7) is 1.83. The van der Waals surface area contributed by atoms with Crippen LogP contribution in [-0.4, -0.2) is 25.6 Å². The number of hydrogen-bond acceptors (Lipinski definition) is 5. The molecule has 21 heavy (non-hydrogen) atoms. The molecule has 2 aromatic heterocycles. The third-order valence-corrected chi connectivity index (χ3v) is 3.26.